The first kappa shape index (κ1) is 34.9. The molecule has 3 amide bonds. The smallest absolute Gasteiger partial charge is 0.397 e. The molecule has 17 heteroatoms. The van der Waals surface area contributed by atoms with Gasteiger partial charge in [0.15, 0.2) is 17.3 Å². The van der Waals surface area contributed by atoms with Crippen LogP contribution in [0.3, 0.4) is 0 Å². The summed E-state index contributed by atoms with van der Waals surface area (Å²) in [5.41, 5.74) is 4.98. The van der Waals surface area contributed by atoms with Gasteiger partial charge in [-0.2, -0.15) is 18.3 Å². The van der Waals surface area contributed by atoms with Gasteiger partial charge in [-0.3, -0.25) is 14.4 Å². The highest BCUT2D eigenvalue weighted by Gasteiger charge is 2.39. The van der Waals surface area contributed by atoms with E-state index in [1.807, 2.05) is 4.90 Å². The summed E-state index contributed by atoms with van der Waals surface area (Å²) < 4.78 is 45.2. The first-order valence-electron chi connectivity index (χ1n) is 16.0. The van der Waals surface area contributed by atoms with E-state index >= 15 is 0 Å². The summed E-state index contributed by atoms with van der Waals surface area (Å²) in [6.45, 7) is 3.57. The van der Waals surface area contributed by atoms with Crippen LogP contribution in [0.1, 0.15) is 39.5 Å². The fourth-order valence-electron chi connectivity index (χ4n) is 6.32. The zero-order valence-corrected chi connectivity index (χ0v) is 28.5. The molecule has 0 spiro atoms. The summed E-state index contributed by atoms with van der Waals surface area (Å²) >= 11 is 6.50. The van der Waals surface area contributed by atoms with E-state index in [1.165, 1.54) is 48.1 Å². The minimum absolute atomic E-state index is 0.00751. The minimum atomic E-state index is -4.81. The largest absolute Gasteiger partial charge is 0.435 e. The van der Waals surface area contributed by atoms with Gasteiger partial charge in [0.1, 0.15) is 0 Å². The van der Waals surface area contributed by atoms with Gasteiger partial charge in [0.05, 0.1) is 67.1 Å². The first-order chi connectivity index (χ1) is 23.6. The monoisotopic (exact) mass is 713 g/mol. The summed E-state index contributed by atoms with van der Waals surface area (Å²) in [4.78, 5) is 51.3. The van der Waals surface area contributed by atoms with Gasteiger partial charge in [0.2, 0.25) is 5.91 Å². The van der Waals surface area contributed by atoms with Crippen LogP contribution in [0.15, 0.2) is 48.9 Å². The number of quaternary nitrogens is 1. The number of piperazine rings is 1. The van der Waals surface area contributed by atoms with Gasteiger partial charge in [-0.05, 0) is 30.3 Å². The summed E-state index contributed by atoms with van der Waals surface area (Å²) in [6.07, 6.45) is 0.516. The van der Waals surface area contributed by atoms with Crippen LogP contribution in [0, 0.1) is 5.92 Å². The van der Waals surface area contributed by atoms with Crippen LogP contribution < -0.4 is 11.1 Å². The Balaban J connectivity index is 1.11. The molecule has 3 aromatic heterocycles. The zero-order valence-electron chi connectivity index (χ0n) is 27.7. The number of carbonyl (C=O) groups excluding carboxylic acids is 3. The normalized spacial score (nSPS) is 16.8. The molecule has 264 valence electrons. The van der Waals surface area contributed by atoms with E-state index in [9.17, 15) is 27.6 Å². The van der Waals surface area contributed by atoms with Gasteiger partial charge in [-0.15, -0.1) is 0 Å². The molecule has 2 aliphatic rings. The molecule has 2 saturated heterocycles. The third-order valence-electron chi connectivity index (χ3n) is 9.31. The number of hydrogen-bond donors (Lipinski definition) is 2. The fourth-order valence-corrected chi connectivity index (χ4v) is 6.58. The van der Waals surface area contributed by atoms with E-state index < -0.39 is 17.8 Å². The number of anilines is 2. The van der Waals surface area contributed by atoms with E-state index in [4.69, 9.17) is 17.3 Å². The van der Waals surface area contributed by atoms with Crippen molar-refractivity contribution < 1.29 is 32.0 Å². The van der Waals surface area contributed by atoms with Crippen molar-refractivity contribution in [3.8, 4) is 17.1 Å². The van der Waals surface area contributed by atoms with Crippen molar-refractivity contribution in [1.82, 2.24) is 34.1 Å². The van der Waals surface area contributed by atoms with Gasteiger partial charge in [0.25, 0.3) is 11.8 Å². The molecule has 0 atom stereocenters. The third kappa shape index (κ3) is 7.16. The second-order valence-electron chi connectivity index (χ2n) is 13.2. The highest BCUT2D eigenvalue weighted by Crippen LogP contribution is 2.37. The number of nitrogens with zero attached hydrogens (tertiary/aromatic N) is 8. The third-order valence-corrected chi connectivity index (χ3v) is 9.62. The van der Waals surface area contributed by atoms with E-state index in [-0.39, 0.29) is 56.9 Å². The maximum atomic E-state index is 14.0. The molecule has 0 radical (unpaired) electrons. The molecule has 0 bridgehead atoms. The Morgan fingerprint density at radius 2 is 1.66 bits per heavy atom. The van der Waals surface area contributed by atoms with Gasteiger partial charge in [0, 0.05) is 63.9 Å². The van der Waals surface area contributed by atoms with Crippen molar-refractivity contribution in [2.75, 3.05) is 64.4 Å². The van der Waals surface area contributed by atoms with Crippen molar-refractivity contribution in [2.24, 2.45) is 13.0 Å². The molecule has 13 nitrogen and oxygen atoms in total. The molecule has 2 aliphatic heterocycles. The summed E-state index contributed by atoms with van der Waals surface area (Å²) in [6, 6.07) is 7.35. The highest BCUT2D eigenvalue weighted by molar-refractivity contribution is 6.34. The molecule has 4 aromatic rings. The van der Waals surface area contributed by atoms with Crippen LogP contribution in [-0.2, 0) is 18.0 Å². The summed E-state index contributed by atoms with van der Waals surface area (Å²) in [5.74, 6) is -0.887. The molecule has 3 N–H and O–H groups in total. The number of piperidine rings is 1. The number of nitrogens with one attached hydrogen (secondary N) is 1. The zero-order chi connectivity index (χ0) is 36.0. The van der Waals surface area contributed by atoms with Gasteiger partial charge < -0.3 is 29.9 Å². The Kier molecular flexibility index (Phi) is 9.35. The number of halogens is 4. The molecule has 5 heterocycles. The van der Waals surface area contributed by atoms with E-state index in [0.717, 1.165) is 47.5 Å². The van der Waals surface area contributed by atoms with Crippen LogP contribution in [0.2, 0.25) is 5.02 Å². The Labute approximate surface area is 291 Å². The minimum Gasteiger partial charge on any atom is -0.397 e. The number of rotatable bonds is 6. The number of nitrogens with two attached hydrogens (primary N) is 1. The summed E-state index contributed by atoms with van der Waals surface area (Å²) in [5, 5.41) is 6.45. The average Bonchev–Trinajstić information content (AvgIpc) is 3.69. The van der Waals surface area contributed by atoms with E-state index in [2.05, 4.69) is 34.5 Å². The van der Waals surface area contributed by atoms with Crippen LogP contribution >= 0.6 is 11.6 Å². The number of hydrogen-bond acceptors (Lipinski definition) is 7. The Morgan fingerprint density at radius 1 is 0.980 bits per heavy atom. The van der Waals surface area contributed by atoms with Gasteiger partial charge >= 0.3 is 6.18 Å². The lowest BCUT2D eigenvalue weighted by Crippen LogP contribution is -2.54. The Morgan fingerprint density at radius 3 is 2.28 bits per heavy atom. The lowest BCUT2D eigenvalue weighted by atomic mass is 9.94. The number of likely N-dealkylation sites (tertiary alicyclic amines) is 1. The molecule has 0 unspecified atom stereocenters. The van der Waals surface area contributed by atoms with Crippen molar-refractivity contribution in [3.63, 3.8) is 0 Å². The van der Waals surface area contributed by atoms with Crippen LogP contribution in [-0.4, -0.2) is 110 Å². The molecular formula is C33H37ClF3N10O3+. The number of carbonyl (C=O) groups is 3. The second kappa shape index (κ2) is 13.4. The maximum Gasteiger partial charge on any atom is 0.435 e. The number of benzene rings is 1. The molecule has 6 rings (SSSR count). The number of nitrogen functional groups attached to an aromatic ring is 1. The fraction of sp³-hybridized carbons (Fsp3) is 0.394. The van der Waals surface area contributed by atoms with Crippen molar-refractivity contribution >= 4 is 40.7 Å². The Bertz CT molecular complexity index is 1920. The maximum absolute atomic E-state index is 14.0. The number of alkyl halides is 3. The van der Waals surface area contributed by atoms with Gasteiger partial charge in [-0.1, -0.05) is 11.6 Å². The van der Waals surface area contributed by atoms with Crippen LogP contribution in [0.25, 0.3) is 17.1 Å². The average molecular weight is 714 g/mol. The predicted molar refractivity (Wildman–Crippen MR) is 179 cm³/mol. The first-order valence-corrected chi connectivity index (χ1v) is 16.4. The number of imidazole rings is 1. The molecule has 2 fully saturated rings. The lowest BCUT2D eigenvalue weighted by molar-refractivity contribution is -0.895. The standard InChI is InChI=1S/C33H36ClF3N10O3/c1-43-26(24-19-46(42-28(24)33(35,36)37)27-7-4-21(38)17-39-27)18-40-29(43)30(48)41-22-5-6-23(25(34)16-22)32(50)45-12-10-44(11-13-45)31(49)20-8-14-47(2,3)15-9-20/h4-7,16-20H,8-15,38H2,1-3H3/p+1. The predicted octanol–water partition coefficient (Wildman–Crippen LogP) is 3.95. The van der Waals surface area contributed by atoms with E-state index in [0.29, 0.717) is 31.9 Å². The van der Waals surface area contributed by atoms with Crippen LogP contribution in [0.5, 0.6) is 0 Å². The quantitative estimate of drug-likeness (QED) is 0.288. The van der Waals surface area contributed by atoms with Gasteiger partial charge in [-0.25, -0.2) is 14.6 Å². The van der Waals surface area contributed by atoms with Crippen molar-refractivity contribution in [3.05, 3.63) is 71.0 Å². The lowest BCUT2D eigenvalue weighted by Gasteiger charge is -2.40. The van der Waals surface area contributed by atoms with Crippen molar-refractivity contribution in [1.29, 1.82) is 0 Å². The molecule has 0 aliphatic carbocycles. The number of pyridine rings is 1. The molecule has 0 saturated carbocycles. The second-order valence-corrected chi connectivity index (χ2v) is 13.6. The number of amides is 3. The topological polar surface area (TPSA) is 144 Å². The SMILES string of the molecule is Cn1c(-c2cn(-c3ccc(N)cn3)nc2C(F)(F)F)cnc1C(=O)Nc1ccc(C(=O)N2CCN(C(=O)C3CC[N+](C)(C)CC3)CC2)c(Cl)c1. The van der Waals surface area contributed by atoms with E-state index in [1.54, 1.807) is 4.90 Å². The summed E-state index contributed by atoms with van der Waals surface area (Å²) in [7, 11) is 5.76. The van der Waals surface area contributed by atoms with Crippen molar-refractivity contribution in [2.45, 2.75) is 19.0 Å². The molecule has 50 heavy (non-hydrogen) atoms. The molecule has 1 aromatic carbocycles. The number of aromatic nitrogens is 5. The highest BCUT2D eigenvalue weighted by atomic mass is 35.5. The molecular weight excluding hydrogens is 677 g/mol. The Hall–Kier alpha value is -4.96. The van der Waals surface area contributed by atoms with Crippen LogP contribution in [0.4, 0.5) is 24.5 Å².